The highest BCUT2D eigenvalue weighted by Crippen LogP contribution is 2.29. The van der Waals surface area contributed by atoms with Gasteiger partial charge in [0, 0.05) is 21.5 Å². The van der Waals surface area contributed by atoms with Crippen molar-refractivity contribution in [2.45, 2.75) is 20.0 Å². The Labute approximate surface area is 133 Å². The first kappa shape index (κ1) is 14.7. The van der Waals surface area contributed by atoms with E-state index in [0.717, 1.165) is 16.5 Å². The summed E-state index contributed by atoms with van der Waals surface area (Å²) in [5.41, 5.74) is 2.23. The smallest absolute Gasteiger partial charge is 0.375 e. The van der Waals surface area contributed by atoms with E-state index < -0.39 is 12.1 Å². The number of fused-ring (bicyclic) bond motifs is 1. The van der Waals surface area contributed by atoms with Crippen molar-refractivity contribution in [1.29, 1.82) is 0 Å². The average Bonchev–Trinajstić information content (AvgIpc) is 2.85. The SMILES string of the molecule is Cc1c(C(=O)O[C@H](C)c2ccccc2Cl)oc2ccccc12. The lowest BCUT2D eigenvalue weighted by Gasteiger charge is -2.14. The number of ether oxygens (including phenoxy) is 1. The second-order valence-corrected chi connectivity index (χ2v) is 5.53. The maximum atomic E-state index is 12.4. The molecule has 0 fully saturated rings. The zero-order valence-corrected chi connectivity index (χ0v) is 13.1. The average molecular weight is 315 g/mol. The minimum atomic E-state index is -0.485. The number of benzene rings is 2. The van der Waals surface area contributed by atoms with Gasteiger partial charge in [0.2, 0.25) is 5.76 Å². The second-order valence-electron chi connectivity index (χ2n) is 5.12. The summed E-state index contributed by atoms with van der Waals surface area (Å²) in [6.45, 7) is 3.64. The van der Waals surface area contributed by atoms with Gasteiger partial charge >= 0.3 is 5.97 Å². The highest BCUT2D eigenvalue weighted by atomic mass is 35.5. The molecule has 0 amide bonds. The molecule has 0 N–H and O–H groups in total. The molecule has 2 aromatic carbocycles. The van der Waals surface area contributed by atoms with Crippen molar-refractivity contribution in [3.05, 3.63) is 70.4 Å². The molecule has 22 heavy (non-hydrogen) atoms. The first-order valence-electron chi connectivity index (χ1n) is 7.01. The van der Waals surface area contributed by atoms with Gasteiger partial charge in [-0.15, -0.1) is 0 Å². The third-order valence-electron chi connectivity index (χ3n) is 3.66. The molecule has 112 valence electrons. The summed E-state index contributed by atoms with van der Waals surface area (Å²) in [7, 11) is 0. The van der Waals surface area contributed by atoms with Crippen LogP contribution in [0.3, 0.4) is 0 Å². The number of furan rings is 1. The summed E-state index contributed by atoms with van der Waals surface area (Å²) in [6.07, 6.45) is -0.450. The Morgan fingerprint density at radius 1 is 1.14 bits per heavy atom. The minimum absolute atomic E-state index is 0.236. The Morgan fingerprint density at radius 2 is 1.82 bits per heavy atom. The van der Waals surface area contributed by atoms with Crippen LogP contribution in [0.4, 0.5) is 0 Å². The Kier molecular flexibility index (Phi) is 3.90. The molecule has 3 aromatic rings. The van der Waals surface area contributed by atoms with E-state index in [1.165, 1.54) is 0 Å². The van der Waals surface area contributed by atoms with Gasteiger partial charge in [-0.25, -0.2) is 4.79 Å². The van der Waals surface area contributed by atoms with Crippen molar-refractivity contribution in [2.24, 2.45) is 0 Å². The standard InChI is InChI=1S/C18H15ClO3/c1-11-13-7-4-6-10-16(13)22-17(11)18(20)21-12(2)14-8-3-5-9-15(14)19/h3-10,12H,1-2H3/t12-/m1/s1. The van der Waals surface area contributed by atoms with Crippen LogP contribution >= 0.6 is 11.6 Å². The van der Waals surface area contributed by atoms with Crippen LogP contribution in [0.25, 0.3) is 11.0 Å². The first-order chi connectivity index (χ1) is 10.6. The Morgan fingerprint density at radius 3 is 2.55 bits per heavy atom. The van der Waals surface area contributed by atoms with E-state index in [2.05, 4.69) is 0 Å². The highest BCUT2D eigenvalue weighted by Gasteiger charge is 2.22. The van der Waals surface area contributed by atoms with Crippen molar-refractivity contribution in [2.75, 3.05) is 0 Å². The van der Waals surface area contributed by atoms with E-state index in [0.29, 0.717) is 10.6 Å². The van der Waals surface area contributed by atoms with Crippen molar-refractivity contribution in [3.63, 3.8) is 0 Å². The van der Waals surface area contributed by atoms with Gasteiger partial charge in [-0.1, -0.05) is 48.0 Å². The van der Waals surface area contributed by atoms with E-state index >= 15 is 0 Å². The predicted octanol–water partition coefficient (Wildman–Crippen LogP) is 5.31. The van der Waals surface area contributed by atoms with Gasteiger partial charge in [0.25, 0.3) is 0 Å². The first-order valence-corrected chi connectivity index (χ1v) is 7.39. The molecule has 0 saturated heterocycles. The molecule has 0 unspecified atom stereocenters. The van der Waals surface area contributed by atoms with Gasteiger partial charge in [0.05, 0.1) is 0 Å². The predicted molar refractivity (Wildman–Crippen MR) is 86.2 cm³/mol. The molecule has 3 nitrogen and oxygen atoms in total. The van der Waals surface area contributed by atoms with Crippen LogP contribution in [0.2, 0.25) is 5.02 Å². The lowest BCUT2D eigenvalue weighted by Crippen LogP contribution is -2.09. The van der Waals surface area contributed by atoms with Crippen LogP contribution in [0.15, 0.2) is 52.9 Å². The fourth-order valence-electron chi connectivity index (χ4n) is 2.45. The Bertz CT molecular complexity index is 835. The van der Waals surface area contributed by atoms with Gasteiger partial charge in [-0.05, 0) is 26.0 Å². The molecular weight excluding hydrogens is 300 g/mol. The number of hydrogen-bond acceptors (Lipinski definition) is 3. The molecule has 1 aromatic heterocycles. The summed E-state index contributed by atoms with van der Waals surface area (Å²) < 4.78 is 11.1. The van der Waals surface area contributed by atoms with E-state index in [9.17, 15) is 4.79 Å². The van der Waals surface area contributed by atoms with Crippen molar-refractivity contribution in [1.82, 2.24) is 0 Å². The second kappa shape index (κ2) is 5.85. The van der Waals surface area contributed by atoms with Crippen LogP contribution < -0.4 is 0 Å². The van der Waals surface area contributed by atoms with Crippen LogP contribution in [-0.2, 0) is 4.74 Å². The van der Waals surface area contributed by atoms with Crippen LogP contribution in [0.5, 0.6) is 0 Å². The number of rotatable bonds is 3. The molecule has 0 bridgehead atoms. The molecule has 0 aliphatic heterocycles. The zero-order chi connectivity index (χ0) is 15.7. The number of para-hydroxylation sites is 1. The molecule has 1 heterocycles. The Hall–Kier alpha value is -2.26. The normalized spacial score (nSPS) is 12.3. The maximum absolute atomic E-state index is 12.4. The summed E-state index contributed by atoms with van der Waals surface area (Å²) >= 11 is 6.13. The fourth-order valence-corrected chi connectivity index (χ4v) is 2.74. The van der Waals surface area contributed by atoms with Crippen molar-refractivity contribution in [3.8, 4) is 0 Å². The molecule has 0 spiro atoms. The topological polar surface area (TPSA) is 39.4 Å². The Balaban J connectivity index is 1.87. The highest BCUT2D eigenvalue weighted by molar-refractivity contribution is 6.31. The number of aryl methyl sites for hydroxylation is 1. The summed E-state index contributed by atoms with van der Waals surface area (Å²) in [6, 6.07) is 14.8. The monoisotopic (exact) mass is 314 g/mol. The summed E-state index contributed by atoms with van der Waals surface area (Å²) in [4.78, 5) is 12.4. The number of halogens is 1. The summed E-state index contributed by atoms with van der Waals surface area (Å²) in [5, 5.41) is 1.49. The largest absolute Gasteiger partial charge is 0.452 e. The van der Waals surface area contributed by atoms with Crippen LogP contribution in [0, 0.1) is 6.92 Å². The zero-order valence-electron chi connectivity index (χ0n) is 12.3. The van der Waals surface area contributed by atoms with Crippen LogP contribution in [-0.4, -0.2) is 5.97 Å². The third-order valence-corrected chi connectivity index (χ3v) is 4.00. The van der Waals surface area contributed by atoms with Crippen molar-refractivity contribution < 1.29 is 13.9 Å². The molecule has 0 saturated carbocycles. The molecule has 0 aliphatic carbocycles. The molecule has 1 atom stereocenters. The van der Waals surface area contributed by atoms with E-state index in [1.807, 2.05) is 49.4 Å². The number of carbonyl (C=O) groups is 1. The van der Waals surface area contributed by atoms with E-state index in [1.54, 1.807) is 13.0 Å². The van der Waals surface area contributed by atoms with Gasteiger partial charge in [-0.3, -0.25) is 0 Å². The minimum Gasteiger partial charge on any atom is -0.452 e. The molecule has 0 aliphatic rings. The van der Waals surface area contributed by atoms with Crippen LogP contribution in [0.1, 0.15) is 34.7 Å². The van der Waals surface area contributed by atoms with E-state index in [-0.39, 0.29) is 5.76 Å². The quantitative estimate of drug-likeness (QED) is 0.615. The summed E-state index contributed by atoms with van der Waals surface area (Å²) in [5.74, 6) is -0.249. The van der Waals surface area contributed by atoms with Gasteiger partial charge < -0.3 is 9.15 Å². The maximum Gasteiger partial charge on any atom is 0.375 e. The molecular formula is C18H15ClO3. The van der Waals surface area contributed by atoms with Gasteiger partial charge in [-0.2, -0.15) is 0 Å². The number of hydrogen-bond donors (Lipinski definition) is 0. The van der Waals surface area contributed by atoms with E-state index in [4.69, 9.17) is 20.8 Å². The van der Waals surface area contributed by atoms with Crippen molar-refractivity contribution >= 4 is 28.5 Å². The lowest BCUT2D eigenvalue weighted by molar-refractivity contribution is 0.0303. The third kappa shape index (κ3) is 2.60. The van der Waals surface area contributed by atoms with Gasteiger partial charge in [0.15, 0.2) is 0 Å². The molecule has 3 rings (SSSR count). The number of esters is 1. The lowest BCUT2D eigenvalue weighted by atomic mass is 10.1. The number of carbonyl (C=O) groups excluding carboxylic acids is 1. The molecule has 4 heteroatoms. The molecule has 0 radical (unpaired) electrons. The van der Waals surface area contributed by atoms with Gasteiger partial charge in [0.1, 0.15) is 11.7 Å². The fraction of sp³-hybridized carbons (Fsp3) is 0.167.